The second-order valence-electron chi connectivity index (χ2n) is 6.27. The quantitative estimate of drug-likeness (QED) is 0.643. The predicted octanol–water partition coefficient (Wildman–Crippen LogP) is 2.26. The maximum atomic E-state index is 11.5. The van der Waals surface area contributed by atoms with Crippen molar-refractivity contribution in [2.75, 3.05) is 23.0 Å². The summed E-state index contributed by atoms with van der Waals surface area (Å²) in [6.45, 7) is 0.107. The highest BCUT2D eigenvalue weighted by atomic mass is 16.3. The summed E-state index contributed by atoms with van der Waals surface area (Å²) in [4.78, 5) is 11.5. The number of hydrogen-bond donors (Lipinski definition) is 4. The number of fused-ring (bicyclic) bond motifs is 1. The average molecular weight is 289 g/mol. The van der Waals surface area contributed by atoms with Crippen molar-refractivity contribution in [2.45, 2.75) is 50.5 Å². The third-order valence-electron chi connectivity index (χ3n) is 4.68. The zero-order chi connectivity index (χ0) is 14.9. The zero-order valence-electron chi connectivity index (χ0n) is 12.2. The summed E-state index contributed by atoms with van der Waals surface area (Å²) in [6.07, 6.45) is 6.61. The van der Waals surface area contributed by atoms with E-state index < -0.39 is 0 Å². The molecular weight excluding hydrogens is 266 g/mol. The first-order chi connectivity index (χ1) is 10.1. The fourth-order valence-corrected chi connectivity index (χ4v) is 3.39. The van der Waals surface area contributed by atoms with Gasteiger partial charge >= 0.3 is 0 Å². The Morgan fingerprint density at radius 1 is 1.24 bits per heavy atom. The first-order valence-electron chi connectivity index (χ1n) is 7.73. The largest absolute Gasteiger partial charge is 0.397 e. The lowest BCUT2D eigenvalue weighted by molar-refractivity contribution is -0.116. The first-order valence-corrected chi connectivity index (χ1v) is 7.73. The third-order valence-corrected chi connectivity index (χ3v) is 4.68. The second kappa shape index (κ2) is 5.56. The topological polar surface area (TPSA) is 87.4 Å². The van der Waals surface area contributed by atoms with Gasteiger partial charge in [-0.2, -0.15) is 0 Å². The van der Waals surface area contributed by atoms with Crippen LogP contribution >= 0.6 is 0 Å². The Morgan fingerprint density at radius 2 is 2.00 bits per heavy atom. The summed E-state index contributed by atoms with van der Waals surface area (Å²) in [6, 6.07) is 3.85. The number of carbonyl (C=O) groups is 1. The second-order valence-corrected chi connectivity index (χ2v) is 6.27. The molecule has 0 saturated heterocycles. The molecule has 1 aliphatic carbocycles. The summed E-state index contributed by atoms with van der Waals surface area (Å²) in [5.74, 6) is 0.0489. The third kappa shape index (κ3) is 2.83. The fraction of sp³-hybridized carbons (Fsp3) is 0.562. The summed E-state index contributed by atoms with van der Waals surface area (Å²) in [7, 11) is 0. The van der Waals surface area contributed by atoms with E-state index in [2.05, 4.69) is 10.6 Å². The number of nitrogens with one attached hydrogen (secondary N) is 2. The zero-order valence-corrected chi connectivity index (χ0v) is 12.2. The number of nitrogens with two attached hydrogens (primary N) is 1. The van der Waals surface area contributed by atoms with Gasteiger partial charge in [-0.15, -0.1) is 0 Å². The number of aliphatic hydroxyl groups excluding tert-OH is 1. The molecule has 1 fully saturated rings. The number of aryl methyl sites for hydroxylation is 1. The van der Waals surface area contributed by atoms with Gasteiger partial charge in [-0.05, 0) is 37.0 Å². The number of nitrogen functional groups attached to an aromatic ring is 1. The number of hydrogen-bond acceptors (Lipinski definition) is 4. The molecule has 5 heteroatoms. The molecule has 5 nitrogen and oxygen atoms in total. The SMILES string of the molecule is Nc1cc2c(cc1NC1(CO)CCCCC1)NC(=O)CC2. The van der Waals surface area contributed by atoms with Gasteiger partial charge in [0.05, 0.1) is 23.5 Å². The summed E-state index contributed by atoms with van der Waals surface area (Å²) >= 11 is 0. The van der Waals surface area contributed by atoms with Gasteiger partial charge in [0.2, 0.25) is 5.91 Å². The van der Waals surface area contributed by atoms with Crippen LogP contribution in [0.3, 0.4) is 0 Å². The van der Waals surface area contributed by atoms with E-state index in [-0.39, 0.29) is 18.1 Å². The van der Waals surface area contributed by atoms with Crippen molar-refractivity contribution in [1.29, 1.82) is 0 Å². The van der Waals surface area contributed by atoms with E-state index in [0.717, 1.165) is 49.0 Å². The summed E-state index contributed by atoms with van der Waals surface area (Å²) in [5, 5.41) is 16.2. The predicted molar refractivity (Wildman–Crippen MR) is 84.3 cm³/mol. The van der Waals surface area contributed by atoms with Gasteiger partial charge in [-0.3, -0.25) is 4.79 Å². The number of benzene rings is 1. The van der Waals surface area contributed by atoms with Crippen LogP contribution in [0.25, 0.3) is 0 Å². The Bertz CT molecular complexity index is 551. The number of aliphatic hydroxyl groups is 1. The van der Waals surface area contributed by atoms with E-state index in [1.807, 2.05) is 12.1 Å². The van der Waals surface area contributed by atoms with Crippen LogP contribution in [0.15, 0.2) is 12.1 Å². The molecule has 1 aliphatic heterocycles. The van der Waals surface area contributed by atoms with E-state index in [4.69, 9.17) is 5.73 Å². The summed E-state index contributed by atoms with van der Waals surface area (Å²) in [5.41, 5.74) is 9.29. The highest BCUT2D eigenvalue weighted by Crippen LogP contribution is 2.36. The maximum absolute atomic E-state index is 11.5. The van der Waals surface area contributed by atoms with Crippen molar-refractivity contribution in [3.63, 3.8) is 0 Å². The molecule has 0 bridgehead atoms. The standard InChI is InChI=1S/C16H23N3O2/c17-12-8-11-4-5-15(21)18-13(11)9-14(12)19-16(10-20)6-2-1-3-7-16/h8-9,19-20H,1-7,10,17H2,(H,18,21). The van der Waals surface area contributed by atoms with Crippen LogP contribution < -0.4 is 16.4 Å². The van der Waals surface area contributed by atoms with Crippen LogP contribution in [0, 0.1) is 0 Å². The molecule has 0 radical (unpaired) electrons. The average Bonchev–Trinajstić information content (AvgIpc) is 2.49. The van der Waals surface area contributed by atoms with Gasteiger partial charge in [0.25, 0.3) is 0 Å². The van der Waals surface area contributed by atoms with Crippen LogP contribution in [-0.4, -0.2) is 23.2 Å². The van der Waals surface area contributed by atoms with Gasteiger partial charge in [0.1, 0.15) is 0 Å². The minimum absolute atomic E-state index is 0.0489. The maximum Gasteiger partial charge on any atom is 0.224 e. The Labute approximate surface area is 124 Å². The van der Waals surface area contributed by atoms with E-state index >= 15 is 0 Å². The molecule has 1 heterocycles. The monoisotopic (exact) mass is 289 g/mol. The highest BCUT2D eigenvalue weighted by Gasteiger charge is 2.32. The molecule has 1 saturated carbocycles. The molecule has 2 aliphatic rings. The number of amides is 1. The Morgan fingerprint density at radius 3 is 2.71 bits per heavy atom. The van der Waals surface area contributed by atoms with Gasteiger partial charge in [-0.1, -0.05) is 19.3 Å². The van der Waals surface area contributed by atoms with Crippen molar-refractivity contribution in [2.24, 2.45) is 0 Å². The van der Waals surface area contributed by atoms with Crippen molar-refractivity contribution in [3.8, 4) is 0 Å². The summed E-state index contributed by atoms with van der Waals surface area (Å²) < 4.78 is 0. The van der Waals surface area contributed by atoms with Gasteiger partial charge in [0, 0.05) is 12.1 Å². The number of anilines is 3. The Hall–Kier alpha value is -1.75. The molecule has 1 aromatic carbocycles. The molecule has 114 valence electrons. The van der Waals surface area contributed by atoms with Gasteiger partial charge < -0.3 is 21.5 Å². The smallest absolute Gasteiger partial charge is 0.224 e. The molecule has 3 rings (SSSR count). The lowest BCUT2D eigenvalue weighted by Gasteiger charge is -2.38. The number of carbonyl (C=O) groups excluding carboxylic acids is 1. The van der Waals surface area contributed by atoms with Crippen molar-refractivity contribution >= 4 is 23.0 Å². The van der Waals surface area contributed by atoms with E-state index in [0.29, 0.717) is 12.1 Å². The molecule has 1 amide bonds. The molecule has 0 atom stereocenters. The highest BCUT2D eigenvalue weighted by molar-refractivity contribution is 5.95. The Kier molecular flexibility index (Phi) is 3.76. The Balaban J connectivity index is 1.88. The first kappa shape index (κ1) is 14.2. The van der Waals surface area contributed by atoms with Crippen LogP contribution in [-0.2, 0) is 11.2 Å². The molecule has 0 aromatic heterocycles. The molecule has 21 heavy (non-hydrogen) atoms. The normalized spacial score (nSPS) is 20.5. The van der Waals surface area contributed by atoms with Crippen LogP contribution in [0.4, 0.5) is 17.1 Å². The van der Waals surface area contributed by atoms with Crippen LogP contribution in [0.1, 0.15) is 44.1 Å². The minimum atomic E-state index is -0.278. The molecule has 0 unspecified atom stereocenters. The van der Waals surface area contributed by atoms with Crippen LogP contribution in [0.5, 0.6) is 0 Å². The van der Waals surface area contributed by atoms with E-state index in [1.165, 1.54) is 6.42 Å². The van der Waals surface area contributed by atoms with Crippen molar-refractivity contribution < 1.29 is 9.90 Å². The van der Waals surface area contributed by atoms with E-state index in [1.54, 1.807) is 0 Å². The van der Waals surface area contributed by atoms with Crippen molar-refractivity contribution in [1.82, 2.24) is 0 Å². The van der Waals surface area contributed by atoms with Gasteiger partial charge in [0.15, 0.2) is 0 Å². The van der Waals surface area contributed by atoms with Crippen LogP contribution in [0.2, 0.25) is 0 Å². The van der Waals surface area contributed by atoms with Crippen molar-refractivity contribution in [3.05, 3.63) is 17.7 Å². The molecular formula is C16H23N3O2. The molecule has 0 spiro atoms. The fourth-order valence-electron chi connectivity index (χ4n) is 3.39. The van der Waals surface area contributed by atoms with E-state index in [9.17, 15) is 9.90 Å². The number of rotatable bonds is 3. The minimum Gasteiger partial charge on any atom is -0.397 e. The van der Waals surface area contributed by atoms with Gasteiger partial charge in [-0.25, -0.2) is 0 Å². The molecule has 1 aromatic rings. The molecule has 5 N–H and O–H groups in total. The lowest BCUT2D eigenvalue weighted by Crippen LogP contribution is -2.44. The lowest BCUT2D eigenvalue weighted by atomic mass is 9.82.